The van der Waals surface area contributed by atoms with Gasteiger partial charge < -0.3 is 15.5 Å². The predicted octanol–water partition coefficient (Wildman–Crippen LogP) is 3.80. The number of nitrogens with one attached hydrogen (secondary N) is 2. The van der Waals surface area contributed by atoms with Crippen molar-refractivity contribution in [1.82, 2.24) is 25.2 Å². The lowest BCUT2D eigenvalue weighted by molar-refractivity contribution is -0.128. The molecule has 1 aliphatic heterocycles. The molecule has 0 bridgehead atoms. The van der Waals surface area contributed by atoms with Gasteiger partial charge in [0.25, 0.3) is 5.91 Å². The third-order valence-electron chi connectivity index (χ3n) is 5.65. The summed E-state index contributed by atoms with van der Waals surface area (Å²) in [7, 11) is 0. The lowest BCUT2D eigenvalue weighted by Gasteiger charge is -2.39. The highest BCUT2D eigenvalue weighted by Gasteiger charge is 2.34. The van der Waals surface area contributed by atoms with Gasteiger partial charge in [-0.25, -0.2) is 9.97 Å². The van der Waals surface area contributed by atoms with Crippen LogP contribution >= 0.6 is 11.3 Å². The number of likely N-dealkylation sites (tertiary alicyclic amines) is 1. The second-order valence-electron chi connectivity index (χ2n) is 9.62. The lowest BCUT2D eigenvalue weighted by atomic mass is 9.94. The summed E-state index contributed by atoms with van der Waals surface area (Å²) in [5.41, 5.74) is 1.64. The molecule has 8 nitrogen and oxygen atoms in total. The molecule has 4 heterocycles. The number of carbonyl (C=O) groups excluding carboxylic acids is 2. The molecular formula is C24H30N6O2S. The average molecular weight is 467 g/mol. The molecule has 0 aromatic carbocycles. The van der Waals surface area contributed by atoms with E-state index >= 15 is 0 Å². The molecule has 2 amide bonds. The third kappa shape index (κ3) is 5.13. The molecule has 1 aliphatic rings. The van der Waals surface area contributed by atoms with Crippen LogP contribution in [0, 0.1) is 18.3 Å². The molecule has 1 fully saturated rings. The second kappa shape index (κ2) is 9.05. The summed E-state index contributed by atoms with van der Waals surface area (Å²) in [5.74, 6) is 0.591. The average Bonchev–Trinajstić information content (AvgIpc) is 3.11. The minimum Gasteiger partial charge on any atom is -0.355 e. The first kappa shape index (κ1) is 23.1. The zero-order valence-electron chi connectivity index (χ0n) is 19.7. The van der Waals surface area contributed by atoms with E-state index in [4.69, 9.17) is 0 Å². The third-order valence-corrected chi connectivity index (χ3v) is 6.70. The first-order valence-electron chi connectivity index (χ1n) is 11.1. The maximum absolute atomic E-state index is 13.3. The summed E-state index contributed by atoms with van der Waals surface area (Å²) in [4.78, 5) is 41.9. The quantitative estimate of drug-likeness (QED) is 0.573. The van der Waals surface area contributed by atoms with Crippen LogP contribution in [0.5, 0.6) is 0 Å². The Morgan fingerprint density at radius 1 is 1.24 bits per heavy atom. The van der Waals surface area contributed by atoms with Crippen LogP contribution in [0.25, 0.3) is 10.2 Å². The van der Waals surface area contributed by atoms with Crippen molar-refractivity contribution in [2.24, 2.45) is 11.3 Å². The summed E-state index contributed by atoms with van der Waals surface area (Å²) in [6.45, 7) is 11.4. The molecule has 4 rings (SSSR count). The highest BCUT2D eigenvalue weighted by Crippen LogP contribution is 2.30. The standard InChI is InChI=1S/C24H30N6O2S/c1-14-10-18-20(33-14)19(29-23(28-18)27-15(2)17-8-6-7-9-25-17)21(31)30-12-16(13-30)11-26-22(32)24(3,4)5/h6-10,15-16H,11-13H2,1-5H3,(H,26,32)(H,27,28,29)/t15-/m0/s1. The van der Waals surface area contributed by atoms with E-state index in [9.17, 15) is 9.59 Å². The number of amides is 2. The highest BCUT2D eigenvalue weighted by molar-refractivity contribution is 7.19. The Labute approximate surface area is 197 Å². The normalized spacial score (nSPS) is 15.2. The van der Waals surface area contributed by atoms with Gasteiger partial charge in [0.1, 0.15) is 0 Å². The monoisotopic (exact) mass is 466 g/mol. The number of carbonyl (C=O) groups is 2. The van der Waals surface area contributed by atoms with Crippen LogP contribution in [0.15, 0.2) is 30.5 Å². The van der Waals surface area contributed by atoms with Crippen LogP contribution in [-0.4, -0.2) is 51.3 Å². The summed E-state index contributed by atoms with van der Waals surface area (Å²) >= 11 is 1.53. The Balaban J connectivity index is 1.48. The SMILES string of the molecule is Cc1cc2nc(N[C@@H](C)c3ccccn3)nc(C(=O)N3CC(CNC(=O)C(C)(C)C)C3)c2s1. The summed E-state index contributed by atoms with van der Waals surface area (Å²) in [6, 6.07) is 7.63. The topological polar surface area (TPSA) is 100 Å². The van der Waals surface area contributed by atoms with E-state index in [1.165, 1.54) is 11.3 Å². The van der Waals surface area contributed by atoms with Crippen LogP contribution < -0.4 is 10.6 Å². The van der Waals surface area contributed by atoms with Crippen molar-refractivity contribution in [3.05, 3.63) is 46.7 Å². The zero-order valence-corrected chi connectivity index (χ0v) is 20.5. The molecule has 0 spiro atoms. The number of anilines is 1. The number of aryl methyl sites for hydroxylation is 1. The van der Waals surface area contributed by atoms with E-state index in [2.05, 4.69) is 25.6 Å². The van der Waals surface area contributed by atoms with Crippen molar-refractivity contribution in [3.8, 4) is 0 Å². The molecular weight excluding hydrogens is 436 g/mol. The lowest BCUT2D eigenvalue weighted by Crippen LogP contribution is -2.54. The van der Waals surface area contributed by atoms with Gasteiger partial charge in [0.05, 0.1) is 22.0 Å². The van der Waals surface area contributed by atoms with Gasteiger partial charge in [-0.2, -0.15) is 0 Å². The van der Waals surface area contributed by atoms with Gasteiger partial charge in [-0.05, 0) is 32.0 Å². The Bertz CT molecular complexity index is 1160. The van der Waals surface area contributed by atoms with Crippen LogP contribution in [-0.2, 0) is 4.79 Å². The van der Waals surface area contributed by atoms with Crippen LogP contribution in [0.2, 0.25) is 0 Å². The van der Waals surface area contributed by atoms with Gasteiger partial charge in [-0.3, -0.25) is 14.6 Å². The first-order chi connectivity index (χ1) is 15.6. The Morgan fingerprint density at radius 2 is 2.00 bits per heavy atom. The van der Waals surface area contributed by atoms with Crippen LogP contribution in [0.3, 0.4) is 0 Å². The smallest absolute Gasteiger partial charge is 0.274 e. The van der Waals surface area contributed by atoms with Crippen molar-refractivity contribution in [1.29, 1.82) is 0 Å². The molecule has 0 unspecified atom stereocenters. The molecule has 1 saturated heterocycles. The molecule has 33 heavy (non-hydrogen) atoms. The Hall–Kier alpha value is -3.07. The van der Waals surface area contributed by atoms with Crippen molar-refractivity contribution in [3.63, 3.8) is 0 Å². The number of fused-ring (bicyclic) bond motifs is 1. The number of pyridine rings is 1. The summed E-state index contributed by atoms with van der Waals surface area (Å²) in [5, 5.41) is 6.27. The summed E-state index contributed by atoms with van der Waals surface area (Å²) < 4.78 is 0.804. The molecule has 0 radical (unpaired) electrons. The maximum atomic E-state index is 13.3. The minimum absolute atomic E-state index is 0.0246. The van der Waals surface area contributed by atoms with Crippen LogP contribution in [0.4, 0.5) is 5.95 Å². The molecule has 3 aromatic rings. The van der Waals surface area contributed by atoms with Gasteiger partial charge in [0.15, 0.2) is 5.69 Å². The van der Waals surface area contributed by atoms with Gasteiger partial charge in [-0.15, -0.1) is 11.3 Å². The van der Waals surface area contributed by atoms with Gasteiger partial charge in [-0.1, -0.05) is 26.8 Å². The van der Waals surface area contributed by atoms with E-state index in [1.54, 1.807) is 11.1 Å². The number of hydrogen-bond acceptors (Lipinski definition) is 7. The molecule has 0 aliphatic carbocycles. The van der Waals surface area contributed by atoms with Crippen molar-refractivity contribution in [2.75, 3.05) is 25.0 Å². The first-order valence-corrected chi connectivity index (χ1v) is 12.0. The number of aromatic nitrogens is 3. The number of hydrogen-bond donors (Lipinski definition) is 2. The van der Waals surface area contributed by atoms with Crippen molar-refractivity contribution in [2.45, 2.75) is 40.7 Å². The van der Waals surface area contributed by atoms with Crippen molar-refractivity contribution < 1.29 is 9.59 Å². The largest absolute Gasteiger partial charge is 0.355 e. The molecule has 9 heteroatoms. The second-order valence-corrected chi connectivity index (χ2v) is 10.9. The number of nitrogens with zero attached hydrogens (tertiary/aromatic N) is 4. The maximum Gasteiger partial charge on any atom is 0.274 e. The van der Waals surface area contributed by atoms with E-state index in [0.717, 1.165) is 20.8 Å². The van der Waals surface area contributed by atoms with Gasteiger partial charge in [0.2, 0.25) is 11.9 Å². The van der Waals surface area contributed by atoms with E-state index in [-0.39, 0.29) is 23.8 Å². The van der Waals surface area contributed by atoms with E-state index in [0.29, 0.717) is 31.3 Å². The number of thiophene rings is 1. The van der Waals surface area contributed by atoms with E-state index < -0.39 is 5.41 Å². The highest BCUT2D eigenvalue weighted by atomic mass is 32.1. The van der Waals surface area contributed by atoms with E-state index in [1.807, 2.05) is 58.9 Å². The van der Waals surface area contributed by atoms with Crippen molar-refractivity contribution >= 4 is 39.3 Å². The fourth-order valence-corrected chi connectivity index (χ4v) is 4.61. The van der Waals surface area contributed by atoms with Gasteiger partial charge in [0, 0.05) is 42.0 Å². The molecule has 3 aromatic heterocycles. The molecule has 2 N–H and O–H groups in total. The predicted molar refractivity (Wildman–Crippen MR) is 130 cm³/mol. The Morgan fingerprint density at radius 3 is 2.67 bits per heavy atom. The fraction of sp³-hybridized carbons (Fsp3) is 0.458. The molecule has 1 atom stereocenters. The zero-order chi connectivity index (χ0) is 23.8. The summed E-state index contributed by atoms with van der Waals surface area (Å²) in [6.07, 6.45) is 1.75. The van der Waals surface area contributed by atoms with Gasteiger partial charge >= 0.3 is 0 Å². The molecule has 0 saturated carbocycles. The van der Waals surface area contributed by atoms with Crippen LogP contribution in [0.1, 0.15) is 54.8 Å². The molecule has 174 valence electrons. The minimum atomic E-state index is -0.418. The Kier molecular flexibility index (Phi) is 6.34. The number of rotatable bonds is 6. The fourth-order valence-electron chi connectivity index (χ4n) is 3.68.